The molecular weight excluding hydrogens is 320 g/mol. The van der Waals surface area contributed by atoms with Gasteiger partial charge < -0.3 is 15.8 Å². The van der Waals surface area contributed by atoms with Gasteiger partial charge in [0.2, 0.25) is 0 Å². The molecule has 5 heteroatoms. The Balaban J connectivity index is 2.85. The molecule has 3 N–H and O–H groups in total. The lowest BCUT2D eigenvalue weighted by Gasteiger charge is -2.24. The number of hydrogen-bond donors (Lipinski definition) is 2. The molecule has 1 amide bonds. The third-order valence-corrected chi connectivity index (χ3v) is 3.13. The summed E-state index contributed by atoms with van der Waals surface area (Å²) in [5.41, 5.74) is 6.53. The van der Waals surface area contributed by atoms with Crippen LogP contribution in [0.3, 0.4) is 0 Å². The molecule has 0 heterocycles. The zero-order valence-corrected chi connectivity index (χ0v) is 14.2. The largest absolute Gasteiger partial charge is 0.481 e. The quantitative estimate of drug-likeness (QED) is 0.883. The molecule has 20 heavy (non-hydrogen) atoms. The molecule has 0 radical (unpaired) electrons. The second-order valence-corrected chi connectivity index (χ2v) is 6.89. The lowest BCUT2D eigenvalue weighted by Crippen LogP contribution is -2.46. The van der Waals surface area contributed by atoms with Crippen LogP contribution in [0.2, 0.25) is 0 Å². The molecule has 0 aromatic heterocycles. The van der Waals surface area contributed by atoms with Crippen molar-refractivity contribution in [1.82, 2.24) is 5.32 Å². The number of ether oxygens (including phenoxy) is 1. The second-order valence-electron chi connectivity index (χ2n) is 5.97. The summed E-state index contributed by atoms with van der Waals surface area (Å²) in [6.07, 6.45) is -0.576. The number of benzene rings is 1. The average Bonchev–Trinajstić information content (AvgIpc) is 2.28. The lowest BCUT2D eigenvalue weighted by molar-refractivity contribution is -0.128. The number of amides is 1. The molecular formula is C15H23BrN2O2. The summed E-state index contributed by atoms with van der Waals surface area (Å²) in [7, 11) is 0. The molecule has 1 unspecified atom stereocenters. The maximum atomic E-state index is 12.0. The average molecular weight is 343 g/mol. The van der Waals surface area contributed by atoms with Gasteiger partial charge in [-0.05, 0) is 52.8 Å². The Labute approximate surface area is 129 Å². The van der Waals surface area contributed by atoms with Crippen LogP contribution in [-0.4, -0.2) is 17.6 Å². The first-order valence-corrected chi connectivity index (χ1v) is 7.43. The number of carbonyl (C=O) groups excluding carboxylic acids is 1. The summed E-state index contributed by atoms with van der Waals surface area (Å²) in [4.78, 5) is 12.0. The minimum absolute atomic E-state index is 0.143. The SMILES string of the molecule is CC(Oc1ccc(Br)cc1[C@H](C)N)C(=O)NC(C)(C)C. The van der Waals surface area contributed by atoms with E-state index < -0.39 is 6.10 Å². The highest BCUT2D eigenvalue weighted by Gasteiger charge is 2.21. The van der Waals surface area contributed by atoms with Crippen LogP contribution in [0.4, 0.5) is 0 Å². The van der Waals surface area contributed by atoms with Gasteiger partial charge in [0.05, 0.1) is 0 Å². The van der Waals surface area contributed by atoms with E-state index in [4.69, 9.17) is 10.5 Å². The molecule has 1 rings (SSSR count). The Bertz CT molecular complexity index is 481. The molecule has 1 aromatic carbocycles. The highest BCUT2D eigenvalue weighted by Crippen LogP contribution is 2.28. The van der Waals surface area contributed by atoms with E-state index in [2.05, 4.69) is 21.2 Å². The third kappa shape index (κ3) is 5.13. The van der Waals surface area contributed by atoms with Crippen LogP contribution in [0, 0.1) is 0 Å². The van der Waals surface area contributed by atoms with Gasteiger partial charge in [0.1, 0.15) is 5.75 Å². The first-order chi connectivity index (χ1) is 9.10. The monoisotopic (exact) mass is 342 g/mol. The molecule has 0 fully saturated rings. The Kier molecular flexibility index (Phi) is 5.59. The van der Waals surface area contributed by atoms with E-state index in [0.29, 0.717) is 5.75 Å². The van der Waals surface area contributed by atoms with E-state index in [1.54, 1.807) is 6.92 Å². The van der Waals surface area contributed by atoms with Crippen LogP contribution in [0.5, 0.6) is 5.75 Å². The number of halogens is 1. The van der Waals surface area contributed by atoms with Gasteiger partial charge in [-0.25, -0.2) is 0 Å². The van der Waals surface area contributed by atoms with E-state index in [9.17, 15) is 4.79 Å². The zero-order valence-electron chi connectivity index (χ0n) is 12.7. The fourth-order valence-corrected chi connectivity index (χ4v) is 2.08. The highest BCUT2D eigenvalue weighted by atomic mass is 79.9. The van der Waals surface area contributed by atoms with Crippen molar-refractivity contribution < 1.29 is 9.53 Å². The molecule has 112 valence electrons. The molecule has 0 aliphatic rings. The summed E-state index contributed by atoms with van der Waals surface area (Å²) >= 11 is 3.41. The van der Waals surface area contributed by atoms with Gasteiger partial charge in [-0.1, -0.05) is 15.9 Å². The molecule has 2 atom stereocenters. The van der Waals surface area contributed by atoms with Crippen molar-refractivity contribution >= 4 is 21.8 Å². The van der Waals surface area contributed by atoms with Crippen molar-refractivity contribution in [3.8, 4) is 5.75 Å². The summed E-state index contributed by atoms with van der Waals surface area (Å²) in [5.74, 6) is 0.496. The number of hydrogen-bond acceptors (Lipinski definition) is 3. The van der Waals surface area contributed by atoms with Crippen molar-refractivity contribution in [1.29, 1.82) is 0 Å². The molecule has 0 aliphatic carbocycles. The Hall–Kier alpha value is -1.07. The van der Waals surface area contributed by atoms with Crippen molar-refractivity contribution in [2.24, 2.45) is 5.73 Å². The first kappa shape index (κ1) is 17.0. The minimum atomic E-state index is -0.576. The predicted molar refractivity (Wildman–Crippen MR) is 84.7 cm³/mol. The van der Waals surface area contributed by atoms with E-state index in [1.165, 1.54) is 0 Å². The van der Waals surface area contributed by atoms with Gasteiger partial charge in [0, 0.05) is 21.6 Å². The van der Waals surface area contributed by atoms with E-state index in [-0.39, 0.29) is 17.5 Å². The topological polar surface area (TPSA) is 64.3 Å². The van der Waals surface area contributed by atoms with E-state index in [0.717, 1.165) is 10.0 Å². The second kappa shape index (κ2) is 6.59. The van der Waals surface area contributed by atoms with Crippen LogP contribution in [-0.2, 0) is 4.79 Å². The Morgan fingerprint density at radius 3 is 2.45 bits per heavy atom. The first-order valence-electron chi connectivity index (χ1n) is 6.64. The third-order valence-electron chi connectivity index (χ3n) is 2.63. The smallest absolute Gasteiger partial charge is 0.261 e. The van der Waals surface area contributed by atoms with Gasteiger partial charge >= 0.3 is 0 Å². The van der Waals surface area contributed by atoms with E-state index >= 15 is 0 Å². The molecule has 4 nitrogen and oxygen atoms in total. The van der Waals surface area contributed by atoms with Crippen LogP contribution >= 0.6 is 15.9 Å². The molecule has 0 aliphatic heterocycles. The van der Waals surface area contributed by atoms with Crippen LogP contribution in [0.25, 0.3) is 0 Å². The standard InChI is InChI=1S/C15H23BrN2O2/c1-9(17)12-8-11(16)6-7-13(12)20-10(2)14(19)18-15(3,4)5/h6-10H,17H2,1-5H3,(H,18,19)/t9-,10?/m0/s1. The normalized spacial score (nSPS) is 14.6. The summed E-state index contributed by atoms with van der Waals surface area (Å²) in [5, 5.41) is 2.89. The minimum Gasteiger partial charge on any atom is -0.481 e. The fourth-order valence-electron chi connectivity index (χ4n) is 1.70. The van der Waals surface area contributed by atoms with Gasteiger partial charge in [0.25, 0.3) is 5.91 Å². The van der Waals surface area contributed by atoms with Crippen LogP contribution in [0.1, 0.15) is 46.2 Å². The maximum absolute atomic E-state index is 12.0. The number of carbonyl (C=O) groups is 1. The van der Waals surface area contributed by atoms with Gasteiger partial charge in [0.15, 0.2) is 6.10 Å². The number of rotatable bonds is 4. The Morgan fingerprint density at radius 1 is 1.35 bits per heavy atom. The number of nitrogens with one attached hydrogen (secondary N) is 1. The zero-order chi connectivity index (χ0) is 15.5. The molecule has 0 saturated heterocycles. The van der Waals surface area contributed by atoms with Gasteiger partial charge in [-0.3, -0.25) is 4.79 Å². The van der Waals surface area contributed by atoms with E-state index in [1.807, 2.05) is 45.9 Å². The van der Waals surface area contributed by atoms with Crippen molar-refractivity contribution in [2.75, 3.05) is 0 Å². The van der Waals surface area contributed by atoms with Crippen LogP contribution < -0.4 is 15.8 Å². The van der Waals surface area contributed by atoms with Crippen molar-refractivity contribution in [2.45, 2.75) is 52.3 Å². The summed E-state index contributed by atoms with van der Waals surface area (Å²) in [6, 6.07) is 5.44. The highest BCUT2D eigenvalue weighted by molar-refractivity contribution is 9.10. The van der Waals surface area contributed by atoms with Crippen molar-refractivity contribution in [3.63, 3.8) is 0 Å². The summed E-state index contributed by atoms with van der Waals surface area (Å²) in [6.45, 7) is 9.42. The fraction of sp³-hybridized carbons (Fsp3) is 0.533. The predicted octanol–water partition coefficient (Wildman–Crippen LogP) is 3.15. The van der Waals surface area contributed by atoms with Gasteiger partial charge in [-0.2, -0.15) is 0 Å². The van der Waals surface area contributed by atoms with Crippen LogP contribution in [0.15, 0.2) is 22.7 Å². The molecule has 1 aromatic rings. The number of nitrogens with two attached hydrogens (primary N) is 1. The lowest BCUT2D eigenvalue weighted by atomic mass is 10.1. The molecule has 0 saturated carbocycles. The molecule has 0 spiro atoms. The van der Waals surface area contributed by atoms with Crippen molar-refractivity contribution in [3.05, 3.63) is 28.2 Å². The maximum Gasteiger partial charge on any atom is 0.261 e. The molecule has 0 bridgehead atoms. The Morgan fingerprint density at radius 2 is 1.95 bits per heavy atom. The van der Waals surface area contributed by atoms with Gasteiger partial charge in [-0.15, -0.1) is 0 Å². The summed E-state index contributed by atoms with van der Waals surface area (Å²) < 4.78 is 6.69.